The number of nitrogens with zero attached hydrogens (tertiary/aromatic N) is 1. The first-order chi connectivity index (χ1) is 12.0. The van der Waals surface area contributed by atoms with E-state index >= 15 is 0 Å². The molecule has 26 heavy (non-hydrogen) atoms. The van der Waals surface area contributed by atoms with E-state index in [-0.39, 0.29) is 30.5 Å². The fraction of sp³-hybridized carbons (Fsp3) is 0.500. The lowest BCUT2D eigenvalue weighted by atomic mass is 10.0. The molecule has 7 nitrogen and oxygen atoms in total. The molecule has 0 amide bonds. The van der Waals surface area contributed by atoms with Gasteiger partial charge in [0.15, 0.2) is 5.96 Å². The molecule has 0 fully saturated rings. The number of furan rings is 2. The maximum atomic E-state index is 10.6. The van der Waals surface area contributed by atoms with Crippen molar-refractivity contribution in [2.75, 3.05) is 33.4 Å². The van der Waals surface area contributed by atoms with Crippen LogP contribution in [0.4, 0.5) is 0 Å². The van der Waals surface area contributed by atoms with Gasteiger partial charge >= 0.3 is 0 Å². The van der Waals surface area contributed by atoms with Crippen molar-refractivity contribution in [3.63, 3.8) is 0 Å². The molecule has 8 heteroatoms. The average Bonchev–Trinajstić information content (AvgIpc) is 3.24. The summed E-state index contributed by atoms with van der Waals surface area (Å²) in [5.41, 5.74) is -1.18. The van der Waals surface area contributed by atoms with E-state index in [4.69, 9.17) is 13.6 Å². The van der Waals surface area contributed by atoms with Crippen LogP contribution >= 0.6 is 24.0 Å². The summed E-state index contributed by atoms with van der Waals surface area (Å²) in [6, 6.07) is 7.39. The van der Waals surface area contributed by atoms with E-state index in [1.165, 1.54) is 0 Å². The zero-order chi connectivity index (χ0) is 18.1. The molecule has 0 aliphatic carbocycles. The van der Waals surface area contributed by atoms with E-state index in [1.54, 1.807) is 26.4 Å². The molecule has 2 heterocycles. The van der Waals surface area contributed by atoms with Crippen molar-refractivity contribution >= 4 is 29.9 Å². The van der Waals surface area contributed by atoms with Crippen LogP contribution in [0, 0.1) is 6.92 Å². The lowest BCUT2D eigenvalue weighted by Gasteiger charge is -2.20. The number of ether oxygens (including phenoxy) is 1. The minimum Gasteiger partial charge on any atom is -0.469 e. The predicted molar refractivity (Wildman–Crippen MR) is 111 cm³/mol. The van der Waals surface area contributed by atoms with Crippen LogP contribution in [0.2, 0.25) is 0 Å². The maximum absolute atomic E-state index is 10.6. The van der Waals surface area contributed by atoms with E-state index < -0.39 is 5.60 Å². The highest BCUT2D eigenvalue weighted by atomic mass is 127. The third kappa shape index (κ3) is 7.38. The second-order valence-electron chi connectivity index (χ2n) is 6.02. The number of hydrogen-bond donors (Lipinski definition) is 3. The lowest BCUT2D eigenvalue weighted by molar-refractivity contribution is 0.0428. The first-order valence-corrected chi connectivity index (χ1v) is 8.34. The Hall–Kier alpha value is -1.52. The molecule has 1 atom stereocenters. The summed E-state index contributed by atoms with van der Waals surface area (Å²) >= 11 is 0. The highest BCUT2D eigenvalue weighted by Gasteiger charge is 2.26. The van der Waals surface area contributed by atoms with Gasteiger partial charge in [0, 0.05) is 26.6 Å². The minimum atomic E-state index is -1.18. The molecule has 3 N–H and O–H groups in total. The number of rotatable bonds is 9. The monoisotopic (exact) mass is 477 g/mol. The number of methoxy groups -OCH3 is 1. The Bertz CT molecular complexity index is 653. The molecule has 146 valence electrons. The van der Waals surface area contributed by atoms with E-state index in [2.05, 4.69) is 15.6 Å². The van der Waals surface area contributed by atoms with Gasteiger partial charge in [-0.05, 0) is 38.1 Å². The lowest BCUT2D eigenvalue weighted by Crippen LogP contribution is -2.41. The Kier molecular flexibility index (Phi) is 9.74. The SMILES string of the molecule is COCCNC(=NCC(C)(O)c1ccc(C)o1)NCCc1ccco1.I. The average molecular weight is 477 g/mol. The van der Waals surface area contributed by atoms with Gasteiger partial charge in [0.05, 0.1) is 19.4 Å². The molecule has 0 aliphatic rings. The van der Waals surface area contributed by atoms with E-state index in [0.29, 0.717) is 31.4 Å². The predicted octanol–water partition coefficient (Wildman–Crippen LogP) is 2.43. The van der Waals surface area contributed by atoms with E-state index in [0.717, 1.165) is 17.9 Å². The maximum Gasteiger partial charge on any atom is 0.191 e. The Labute approximate surface area is 171 Å². The summed E-state index contributed by atoms with van der Waals surface area (Å²) < 4.78 is 15.9. The van der Waals surface area contributed by atoms with Crippen LogP contribution in [-0.2, 0) is 16.8 Å². The highest BCUT2D eigenvalue weighted by Crippen LogP contribution is 2.22. The summed E-state index contributed by atoms with van der Waals surface area (Å²) in [6.45, 7) is 5.54. The van der Waals surface area contributed by atoms with Gasteiger partial charge in [-0.25, -0.2) is 4.99 Å². The Balaban J connectivity index is 0.00000338. The number of halogens is 1. The van der Waals surface area contributed by atoms with Crippen molar-refractivity contribution in [3.05, 3.63) is 47.8 Å². The molecule has 0 aliphatic heterocycles. The number of nitrogens with one attached hydrogen (secondary N) is 2. The van der Waals surface area contributed by atoms with Gasteiger partial charge in [-0.3, -0.25) is 0 Å². The van der Waals surface area contributed by atoms with E-state index in [9.17, 15) is 5.11 Å². The van der Waals surface area contributed by atoms with Crippen molar-refractivity contribution in [2.45, 2.75) is 25.9 Å². The summed E-state index contributed by atoms with van der Waals surface area (Å²) in [4.78, 5) is 4.47. The molecule has 0 radical (unpaired) electrons. The first kappa shape index (κ1) is 22.5. The molecule has 0 spiro atoms. The zero-order valence-corrected chi connectivity index (χ0v) is 17.8. The summed E-state index contributed by atoms with van der Waals surface area (Å²) in [6.07, 6.45) is 2.40. The number of guanidine groups is 1. The summed E-state index contributed by atoms with van der Waals surface area (Å²) in [7, 11) is 1.65. The second kappa shape index (κ2) is 11.2. The van der Waals surface area contributed by atoms with Crippen LogP contribution in [0.1, 0.15) is 24.2 Å². The number of aliphatic hydroxyl groups is 1. The smallest absolute Gasteiger partial charge is 0.191 e. The van der Waals surface area contributed by atoms with Crippen LogP contribution in [0.25, 0.3) is 0 Å². The van der Waals surface area contributed by atoms with Gasteiger partial charge in [-0.1, -0.05) is 0 Å². The second-order valence-corrected chi connectivity index (χ2v) is 6.02. The van der Waals surface area contributed by atoms with Crippen molar-refractivity contribution in [1.29, 1.82) is 0 Å². The third-order valence-corrected chi connectivity index (χ3v) is 3.66. The molecule has 0 saturated heterocycles. The Morgan fingerprint density at radius 2 is 2.04 bits per heavy atom. The quantitative estimate of drug-likeness (QED) is 0.223. The van der Waals surface area contributed by atoms with Crippen LogP contribution in [0.3, 0.4) is 0 Å². The highest BCUT2D eigenvalue weighted by molar-refractivity contribution is 14.0. The number of aliphatic imine (C=N–C) groups is 1. The topological polar surface area (TPSA) is 92.2 Å². The van der Waals surface area contributed by atoms with Gasteiger partial charge in [0.2, 0.25) is 0 Å². The largest absolute Gasteiger partial charge is 0.469 e. The van der Waals surface area contributed by atoms with Crippen molar-refractivity contribution < 1.29 is 18.7 Å². The fourth-order valence-electron chi connectivity index (χ4n) is 2.24. The number of aryl methyl sites for hydroxylation is 1. The molecular formula is C18H28IN3O4. The molecule has 2 rings (SSSR count). The molecule has 0 bridgehead atoms. The summed E-state index contributed by atoms with van der Waals surface area (Å²) in [5.74, 6) is 2.77. The molecular weight excluding hydrogens is 449 g/mol. The first-order valence-electron chi connectivity index (χ1n) is 8.34. The molecule has 0 aromatic carbocycles. The van der Waals surface area contributed by atoms with Crippen molar-refractivity contribution in [2.24, 2.45) is 4.99 Å². The van der Waals surface area contributed by atoms with Gasteiger partial charge in [0.1, 0.15) is 22.9 Å². The Morgan fingerprint density at radius 1 is 1.27 bits per heavy atom. The van der Waals surface area contributed by atoms with E-state index in [1.807, 2.05) is 25.1 Å². The van der Waals surface area contributed by atoms with Gasteiger partial charge < -0.3 is 29.3 Å². The minimum absolute atomic E-state index is 0. The van der Waals surface area contributed by atoms with Crippen molar-refractivity contribution in [1.82, 2.24) is 10.6 Å². The fourth-order valence-corrected chi connectivity index (χ4v) is 2.24. The van der Waals surface area contributed by atoms with Crippen LogP contribution in [0.15, 0.2) is 44.4 Å². The molecule has 0 saturated carbocycles. The van der Waals surface area contributed by atoms with Crippen LogP contribution < -0.4 is 10.6 Å². The standard InChI is InChI=1S/C18H27N3O4.HI/c1-14-6-7-16(25-14)18(2,22)13-21-17(20-10-12-23-3)19-9-8-15-5-4-11-24-15;/h4-7,11,22H,8-10,12-13H2,1-3H3,(H2,19,20,21);1H. The molecule has 2 aromatic heterocycles. The summed E-state index contributed by atoms with van der Waals surface area (Å²) in [5, 5.41) is 17.0. The normalized spacial score (nSPS) is 13.8. The van der Waals surface area contributed by atoms with Crippen LogP contribution in [0.5, 0.6) is 0 Å². The zero-order valence-electron chi connectivity index (χ0n) is 15.4. The molecule has 1 unspecified atom stereocenters. The van der Waals surface area contributed by atoms with Gasteiger partial charge in [0.25, 0.3) is 0 Å². The van der Waals surface area contributed by atoms with Crippen molar-refractivity contribution in [3.8, 4) is 0 Å². The Morgan fingerprint density at radius 3 is 2.65 bits per heavy atom. The van der Waals surface area contributed by atoms with Crippen LogP contribution in [-0.4, -0.2) is 44.4 Å². The number of hydrogen-bond acceptors (Lipinski definition) is 5. The third-order valence-electron chi connectivity index (χ3n) is 3.66. The van der Waals surface area contributed by atoms with Gasteiger partial charge in [-0.2, -0.15) is 0 Å². The van der Waals surface area contributed by atoms with Gasteiger partial charge in [-0.15, -0.1) is 24.0 Å². The molecule has 2 aromatic rings.